The number of fused-ring (bicyclic) bond motifs is 3. The van der Waals surface area contributed by atoms with Gasteiger partial charge in [-0.05, 0) is 54.7 Å². The van der Waals surface area contributed by atoms with Crippen molar-refractivity contribution in [1.29, 1.82) is 0 Å². The normalized spacial score (nSPS) is 16.5. The Kier molecular flexibility index (Phi) is 5.23. The monoisotopic (exact) mass is 420 g/mol. The Morgan fingerprint density at radius 1 is 1.44 bits per heavy atom. The number of methoxy groups -OCH3 is 1. The highest BCUT2D eigenvalue weighted by atomic mass is 35.5. The first-order valence-electron chi connectivity index (χ1n) is 9.07. The summed E-state index contributed by atoms with van der Waals surface area (Å²) in [7, 11) is 1.60. The van der Waals surface area contributed by atoms with Crippen LogP contribution in [0.3, 0.4) is 0 Å². The maximum atomic E-state index is 13.6. The first-order chi connectivity index (χ1) is 13.0. The third kappa shape index (κ3) is 3.28. The van der Waals surface area contributed by atoms with E-state index in [0.717, 1.165) is 35.2 Å². The minimum absolute atomic E-state index is 0.0245. The fourth-order valence-corrected chi connectivity index (χ4v) is 5.97. The van der Waals surface area contributed by atoms with Crippen LogP contribution in [0.2, 0.25) is 5.02 Å². The van der Waals surface area contributed by atoms with Crippen molar-refractivity contribution in [2.45, 2.75) is 38.3 Å². The molecule has 0 amide bonds. The van der Waals surface area contributed by atoms with E-state index in [4.69, 9.17) is 21.3 Å². The first kappa shape index (κ1) is 18.8. The molecule has 0 spiro atoms. The zero-order chi connectivity index (χ0) is 19.1. The predicted molar refractivity (Wildman–Crippen MR) is 114 cm³/mol. The van der Waals surface area contributed by atoms with Crippen molar-refractivity contribution in [2.24, 2.45) is 5.92 Å². The van der Waals surface area contributed by atoms with E-state index in [0.29, 0.717) is 27.5 Å². The van der Waals surface area contributed by atoms with Crippen LogP contribution in [0.15, 0.2) is 28.2 Å². The van der Waals surface area contributed by atoms with Crippen molar-refractivity contribution >= 4 is 44.9 Å². The van der Waals surface area contributed by atoms with Gasteiger partial charge in [0.05, 0.1) is 18.2 Å². The molecule has 1 aliphatic rings. The number of hydrogen-bond acceptors (Lipinski definition) is 5. The van der Waals surface area contributed by atoms with E-state index in [1.54, 1.807) is 53.0 Å². The summed E-state index contributed by atoms with van der Waals surface area (Å²) in [5.74, 6) is 2.09. The van der Waals surface area contributed by atoms with Gasteiger partial charge in [0.15, 0.2) is 5.16 Å². The quantitative estimate of drug-likeness (QED) is 0.421. The largest absolute Gasteiger partial charge is 0.495 e. The Labute approximate surface area is 171 Å². The molecule has 3 aromatic rings. The molecule has 7 heteroatoms. The molecular weight excluding hydrogens is 400 g/mol. The van der Waals surface area contributed by atoms with E-state index in [9.17, 15) is 4.79 Å². The first-order valence-corrected chi connectivity index (χ1v) is 11.3. The van der Waals surface area contributed by atoms with Gasteiger partial charge >= 0.3 is 0 Å². The SMILES string of the molecule is CCSc1nc2sc3c(c2c(=O)n1-c1cc(Cl)ccc1OC)CC[C@H](C)C3. The molecule has 0 unspecified atom stereocenters. The third-order valence-electron chi connectivity index (χ3n) is 4.95. The molecule has 0 fully saturated rings. The van der Waals surface area contributed by atoms with Crippen LogP contribution < -0.4 is 10.3 Å². The molecule has 0 radical (unpaired) electrons. The molecule has 0 N–H and O–H groups in total. The van der Waals surface area contributed by atoms with E-state index in [2.05, 4.69) is 13.8 Å². The molecule has 2 heterocycles. The van der Waals surface area contributed by atoms with Gasteiger partial charge in [0.1, 0.15) is 10.6 Å². The second-order valence-corrected chi connectivity index (χ2v) is 9.57. The number of thioether (sulfide) groups is 1. The maximum Gasteiger partial charge on any atom is 0.267 e. The smallest absolute Gasteiger partial charge is 0.267 e. The van der Waals surface area contributed by atoms with Gasteiger partial charge in [-0.3, -0.25) is 9.36 Å². The fraction of sp³-hybridized carbons (Fsp3) is 0.400. The number of hydrogen-bond donors (Lipinski definition) is 0. The molecule has 0 aliphatic heterocycles. The van der Waals surface area contributed by atoms with E-state index in [-0.39, 0.29) is 5.56 Å². The summed E-state index contributed by atoms with van der Waals surface area (Å²) in [4.78, 5) is 20.7. The summed E-state index contributed by atoms with van der Waals surface area (Å²) >= 11 is 9.47. The molecule has 0 saturated carbocycles. The highest BCUT2D eigenvalue weighted by Gasteiger charge is 2.25. The Morgan fingerprint density at radius 2 is 2.26 bits per heavy atom. The van der Waals surface area contributed by atoms with Crippen LogP contribution in [0.1, 0.15) is 30.7 Å². The number of aryl methyl sites for hydroxylation is 1. The molecule has 0 bridgehead atoms. The Bertz CT molecular complexity index is 1070. The van der Waals surface area contributed by atoms with E-state index in [1.165, 1.54) is 10.4 Å². The lowest BCUT2D eigenvalue weighted by atomic mass is 9.89. The van der Waals surface area contributed by atoms with Gasteiger partial charge in [0.2, 0.25) is 0 Å². The number of thiophene rings is 1. The second kappa shape index (κ2) is 7.49. The Morgan fingerprint density at radius 3 is 3.00 bits per heavy atom. The summed E-state index contributed by atoms with van der Waals surface area (Å²) in [6.45, 7) is 4.33. The van der Waals surface area contributed by atoms with E-state index >= 15 is 0 Å². The number of nitrogens with zero attached hydrogens (tertiary/aromatic N) is 2. The molecule has 4 nitrogen and oxygen atoms in total. The average Bonchev–Trinajstić information content (AvgIpc) is 2.99. The van der Waals surface area contributed by atoms with Crippen LogP contribution >= 0.6 is 34.7 Å². The minimum Gasteiger partial charge on any atom is -0.495 e. The Hall–Kier alpha value is -1.50. The second-order valence-electron chi connectivity index (χ2n) is 6.82. The van der Waals surface area contributed by atoms with Gasteiger partial charge in [0.25, 0.3) is 5.56 Å². The fourth-order valence-electron chi connectivity index (χ4n) is 3.65. The van der Waals surface area contributed by atoms with Crippen molar-refractivity contribution < 1.29 is 4.74 Å². The highest BCUT2D eigenvalue weighted by Crippen LogP contribution is 2.37. The minimum atomic E-state index is -0.0245. The summed E-state index contributed by atoms with van der Waals surface area (Å²) in [5.41, 5.74) is 1.81. The van der Waals surface area contributed by atoms with Crippen molar-refractivity contribution in [3.63, 3.8) is 0 Å². The number of benzene rings is 1. The number of aromatic nitrogens is 2. The van der Waals surface area contributed by atoms with Crippen LogP contribution in [0.25, 0.3) is 15.9 Å². The Balaban J connectivity index is 2.05. The summed E-state index contributed by atoms with van der Waals surface area (Å²) in [6, 6.07) is 5.33. The standard InChI is InChI=1S/C20H21ClN2O2S2/c1-4-26-20-22-18-17(13-7-5-11(2)9-16(13)27-18)19(24)23(20)14-10-12(21)6-8-15(14)25-3/h6,8,10-11H,4-5,7,9H2,1-3H3/t11-/m0/s1. The molecule has 1 aliphatic carbocycles. The van der Waals surface area contributed by atoms with Crippen molar-refractivity contribution in [2.75, 3.05) is 12.9 Å². The maximum absolute atomic E-state index is 13.6. The van der Waals surface area contributed by atoms with Crippen molar-refractivity contribution in [3.05, 3.63) is 44.0 Å². The lowest BCUT2D eigenvalue weighted by Gasteiger charge is -2.18. The van der Waals surface area contributed by atoms with Crippen molar-refractivity contribution in [3.8, 4) is 11.4 Å². The molecule has 27 heavy (non-hydrogen) atoms. The topological polar surface area (TPSA) is 44.1 Å². The van der Waals surface area contributed by atoms with Crippen LogP contribution in [0.5, 0.6) is 5.75 Å². The van der Waals surface area contributed by atoms with Gasteiger partial charge in [-0.25, -0.2) is 4.98 Å². The lowest BCUT2D eigenvalue weighted by molar-refractivity contribution is 0.411. The summed E-state index contributed by atoms with van der Waals surface area (Å²) < 4.78 is 7.18. The highest BCUT2D eigenvalue weighted by molar-refractivity contribution is 7.99. The van der Waals surface area contributed by atoms with Gasteiger partial charge in [-0.1, -0.05) is 37.2 Å². The number of ether oxygens (including phenoxy) is 1. The van der Waals surface area contributed by atoms with Gasteiger partial charge in [-0.2, -0.15) is 0 Å². The van der Waals surface area contributed by atoms with Crippen LogP contribution in [-0.4, -0.2) is 22.4 Å². The molecular formula is C20H21ClN2O2S2. The lowest BCUT2D eigenvalue weighted by Crippen LogP contribution is -2.23. The predicted octanol–water partition coefficient (Wildman–Crippen LogP) is 5.35. The number of halogens is 1. The molecule has 142 valence electrons. The van der Waals surface area contributed by atoms with Crippen LogP contribution in [0.4, 0.5) is 0 Å². The zero-order valence-electron chi connectivity index (χ0n) is 15.5. The summed E-state index contributed by atoms with van der Waals surface area (Å²) in [5, 5.41) is 2.01. The van der Waals surface area contributed by atoms with Crippen molar-refractivity contribution in [1.82, 2.24) is 9.55 Å². The van der Waals surface area contributed by atoms with Crippen LogP contribution in [0, 0.1) is 5.92 Å². The number of rotatable bonds is 4. The molecule has 1 atom stereocenters. The molecule has 0 saturated heterocycles. The zero-order valence-corrected chi connectivity index (χ0v) is 17.9. The van der Waals surface area contributed by atoms with Crippen LogP contribution in [-0.2, 0) is 12.8 Å². The molecule has 4 rings (SSSR count). The molecule has 2 aromatic heterocycles. The average molecular weight is 421 g/mol. The van der Waals surface area contributed by atoms with Gasteiger partial charge in [-0.15, -0.1) is 11.3 Å². The van der Waals surface area contributed by atoms with E-state index in [1.807, 2.05) is 0 Å². The summed E-state index contributed by atoms with van der Waals surface area (Å²) in [6.07, 6.45) is 3.09. The van der Waals surface area contributed by atoms with Gasteiger partial charge in [0, 0.05) is 9.90 Å². The third-order valence-corrected chi connectivity index (χ3v) is 7.16. The van der Waals surface area contributed by atoms with Gasteiger partial charge < -0.3 is 4.74 Å². The molecule has 1 aromatic carbocycles. The van der Waals surface area contributed by atoms with E-state index < -0.39 is 0 Å².